The van der Waals surface area contributed by atoms with Crippen LogP contribution in [0.15, 0.2) is 42.6 Å². The molecule has 28 heavy (non-hydrogen) atoms. The molecule has 1 aliphatic carbocycles. The van der Waals surface area contributed by atoms with Crippen molar-refractivity contribution in [2.45, 2.75) is 46.1 Å². The predicted octanol–water partition coefficient (Wildman–Crippen LogP) is 4.82. The van der Waals surface area contributed by atoms with Crippen LogP contribution >= 0.6 is 0 Å². The highest BCUT2D eigenvalue weighted by molar-refractivity contribution is 5.95. The summed E-state index contributed by atoms with van der Waals surface area (Å²) in [5, 5.41) is 8.03. The van der Waals surface area contributed by atoms with Gasteiger partial charge in [-0.25, -0.2) is 4.68 Å². The molecule has 2 aromatic carbocycles. The minimum absolute atomic E-state index is 0.0645. The molecule has 0 spiro atoms. The molecular weight excluding hydrogens is 346 g/mol. The first-order chi connectivity index (χ1) is 13.5. The van der Waals surface area contributed by atoms with Gasteiger partial charge in [-0.2, -0.15) is 5.10 Å². The van der Waals surface area contributed by atoms with Gasteiger partial charge >= 0.3 is 0 Å². The fourth-order valence-corrected chi connectivity index (χ4v) is 4.45. The van der Waals surface area contributed by atoms with E-state index in [0.29, 0.717) is 11.6 Å². The number of hydrogen-bond acceptors (Lipinski definition) is 3. The lowest BCUT2D eigenvalue weighted by Gasteiger charge is -2.17. The number of hydrogen-bond donors (Lipinski definition) is 1. The summed E-state index contributed by atoms with van der Waals surface area (Å²) in [4.78, 5) is 12.0. The van der Waals surface area contributed by atoms with Crippen LogP contribution in [0.3, 0.4) is 0 Å². The highest BCUT2D eigenvalue weighted by Gasteiger charge is 2.25. The summed E-state index contributed by atoms with van der Waals surface area (Å²) in [7, 11) is 2.04. The van der Waals surface area contributed by atoms with E-state index in [9.17, 15) is 4.79 Å². The third-order valence-electron chi connectivity index (χ3n) is 5.93. The monoisotopic (exact) mass is 373 g/mol. The van der Waals surface area contributed by atoms with Crippen molar-refractivity contribution in [3.63, 3.8) is 0 Å². The Kier molecular flexibility index (Phi) is 4.90. The molecule has 0 saturated heterocycles. The highest BCUT2D eigenvalue weighted by Crippen LogP contribution is 2.39. The number of Topliss-reactive ketones (excluding diaryl/α,β-unsaturated/α-hetero) is 1. The molecule has 1 atom stereocenters. The number of nitrogens with one attached hydrogen (secondary N) is 1. The van der Waals surface area contributed by atoms with E-state index in [1.807, 2.05) is 11.7 Å². The number of carbonyl (C=O) groups is 1. The quantitative estimate of drug-likeness (QED) is 0.652. The Hall–Kier alpha value is -2.72. The van der Waals surface area contributed by atoms with E-state index < -0.39 is 0 Å². The molecule has 3 aromatic rings. The van der Waals surface area contributed by atoms with Crippen LogP contribution in [0.25, 0.3) is 16.8 Å². The first kappa shape index (κ1) is 18.6. The second-order valence-corrected chi connectivity index (χ2v) is 7.59. The maximum atomic E-state index is 12.0. The van der Waals surface area contributed by atoms with E-state index in [2.05, 4.69) is 60.7 Å². The van der Waals surface area contributed by atoms with E-state index in [0.717, 1.165) is 36.2 Å². The van der Waals surface area contributed by atoms with E-state index in [-0.39, 0.29) is 5.78 Å². The van der Waals surface area contributed by atoms with Gasteiger partial charge in [-0.15, -0.1) is 0 Å². The number of carbonyl (C=O) groups excluding carboxylic acids is 1. The summed E-state index contributed by atoms with van der Waals surface area (Å²) in [5.41, 5.74) is 9.20. The topological polar surface area (TPSA) is 46.9 Å². The molecule has 4 nitrogen and oxygen atoms in total. The maximum absolute atomic E-state index is 12.0. The van der Waals surface area contributed by atoms with E-state index in [1.165, 1.54) is 22.3 Å². The second-order valence-electron chi connectivity index (χ2n) is 7.59. The minimum Gasteiger partial charge on any atom is -0.313 e. The molecule has 4 heteroatoms. The molecule has 1 aromatic heterocycles. The van der Waals surface area contributed by atoms with Gasteiger partial charge in [0.15, 0.2) is 5.78 Å². The zero-order valence-electron chi connectivity index (χ0n) is 17.0. The van der Waals surface area contributed by atoms with Gasteiger partial charge in [0.1, 0.15) is 0 Å². The third kappa shape index (κ3) is 2.98. The lowest BCUT2D eigenvalue weighted by molar-refractivity contribution is 0.101. The number of nitrogens with zero attached hydrogens (tertiary/aromatic N) is 2. The molecule has 0 amide bonds. The lowest BCUT2D eigenvalue weighted by atomic mass is 9.94. The van der Waals surface area contributed by atoms with Gasteiger partial charge in [-0.1, -0.05) is 37.3 Å². The fourth-order valence-electron chi connectivity index (χ4n) is 4.45. The minimum atomic E-state index is 0.0645. The molecule has 0 aliphatic heterocycles. The summed E-state index contributed by atoms with van der Waals surface area (Å²) in [6.45, 7) is 5.77. The van der Waals surface area contributed by atoms with Crippen LogP contribution in [0.1, 0.15) is 59.1 Å². The van der Waals surface area contributed by atoms with Crippen molar-refractivity contribution in [3.8, 4) is 16.8 Å². The van der Waals surface area contributed by atoms with Crippen LogP contribution in [0.4, 0.5) is 0 Å². The smallest absolute Gasteiger partial charge is 0.163 e. The zero-order chi connectivity index (χ0) is 19.8. The first-order valence-electron chi connectivity index (χ1n) is 10.0. The number of fused-ring (bicyclic) bond motifs is 1. The number of rotatable bonds is 5. The zero-order valence-corrected chi connectivity index (χ0v) is 17.0. The van der Waals surface area contributed by atoms with E-state index >= 15 is 0 Å². The first-order valence-corrected chi connectivity index (χ1v) is 10.0. The van der Waals surface area contributed by atoms with E-state index in [1.54, 1.807) is 13.1 Å². The van der Waals surface area contributed by atoms with Crippen molar-refractivity contribution in [2.75, 3.05) is 7.05 Å². The van der Waals surface area contributed by atoms with Crippen molar-refractivity contribution in [1.82, 2.24) is 15.1 Å². The van der Waals surface area contributed by atoms with Crippen LogP contribution in [0, 0.1) is 6.92 Å². The van der Waals surface area contributed by atoms with Crippen molar-refractivity contribution < 1.29 is 4.79 Å². The van der Waals surface area contributed by atoms with Crippen LogP contribution in [0.2, 0.25) is 0 Å². The maximum Gasteiger partial charge on any atom is 0.163 e. The van der Waals surface area contributed by atoms with Gasteiger partial charge in [0, 0.05) is 6.04 Å². The highest BCUT2D eigenvalue weighted by atomic mass is 16.1. The number of benzene rings is 2. The Morgan fingerprint density at radius 3 is 2.82 bits per heavy atom. The Morgan fingerprint density at radius 1 is 1.29 bits per heavy atom. The van der Waals surface area contributed by atoms with Gasteiger partial charge in [0.05, 0.1) is 23.1 Å². The summed E-state index contributed by atoms with van der Waals surface area (Å²) in [6, 6.07) is 13.6. The molecule has 0 fully saturated rings. The van der Waals surface area contributed by atoms with Crippen LogP contribution in [0.5, 0.6) is 0 Å². The molecule has 0 saturated carbocycles. The van der Waals surface area contributed by atoms with Crippen molar-refractivity contribution >= 4 is 5.78 Å². The van der Waals surface area contributed by atoms with Crippen LogP contribution in [-0.4, -0.2) is 22.6 Å². The Labute approximate surface area is 166 Å². The molecule has 0 bridgehead atoms. The molecule has 0 radical (unpaired) electrons. The molecule has 4 rings (SSSR count). The molecular formula is C24H27N3O. The third-order valence-corrected chi connectivity index (χ3v) is 5.93. The van der Waals surface area contributed by atoms with Gasteiger partial charge in [-0.05, 0) is 74.0 Å². The Morgan fingerprint density at radius 2 is 2.11 bits per heavy atom. The molecule has 1 unspecified atom stereocenters. The lowest BCUT2D eigenvalue weighted by Crippen LogP contribution is -2.13. The summed E-state index contributed by atoms with van der Waals surface area (Å²) in [5.74, 6) is 0.0645. The summed E-state index contributed by atoms with van der Waals surface area (Å²) in [6.07, 6.45) is 4.73. The number of aryl methyl sites for hydroxylation is 2. The van der Waals surface area contributed by atoms with E-state index in [4.69, 9.17) is 0 Å². The van der Waals surface area contributed by atoms with Gasteiger partial charge < -0.3 is 5.32 Å². The Balaban J connectivity index is 1.87. The number of ketones is 1. The average Bonchev–Trinajstić information content (AvgIpc) is 3.32. The van der Waals surface area contributed by atoms with Gasteiger partial charge in [0.2, 0.25) is 0 Å². The molecule has 1 N–H and O–H groups in total. The SMILES string of the molecule is CCc1c(C(C)=O)cnn1-c1cc(-c2cccc3c2C(NC)CC3)ccc1C. The van der Waals surface area contributed by atoms with Gasteiger partial charge in [0.25, 0.3) is 0 Å². The molecule has 144 valence electrons. The molecule has 1 heterocycles. The average molecular weight is 374 g/mol. The van der Waals surface area contributed by atoms with Gasteiger partial charge in [-0.3, -0.25) is 4.79 Å². The predicted molar refractivity (Wildman–Crippen MR) is 113 cm³/mol. The standard InChI is InChI=1S/C24H27N3O/c1-5-22-20(16(3)28)14-26-27(22)23-13-18(10-9-15(23)2)19-8-6-7-17-11-12-21(25-4)24(17)19/h6-10,13-14,21,25H,5,11-12H2,1-4H3. The fraction of sp³-hybridized carbons (Fsp3) is 0.333. The second kappa shape index (κ2) is 7.36. The molecule has 1 aliphatic rings. The van der Waals surface area contributed by atoms with Crippen molar-refractivity contribution in [2.24, 2.45) is 0 Å². The van der Waals surface area contributed by atoms with Crippen molar-refractivity contribution in [3.05, 3.63) is 70.5 Å². The number of aromatic nitrogens is 2. The summed E-state index contributed by atoms with van der Waals surface area (Å²) >= 11 is 0. The van der Waals surface area contributed by atoms with Crippen LogP contribution < -0.4 is 5.32 Å². The van der Waals surface area contributed by atoms with Crippen LogP contribution in [-0.2, 0) is 12.8 Å². The normalized spacial score (nSPS) is 15.6. The largest absolute Gasteiger partial charge is 0.313 e. The Bertz CT molecular complexity index is 1050. The van der Waals surface area contributed by atoms with Crippen molar-refractivity contribution in [1.29, 1.82) is 0 Å². The summed E-state index contributed by atoms with van der Waals surface area (Å²) < 4.78 is 1.94.